The molecule has 0 amide bonds. The average Bonchev–Trinajstić information content (AvgIpc) is 3.99. The van der Waals surface area contributed by atoms with Gasteiger partial charge in [0.2, 0.25) is 0 Å². The summed E-state index contributed by atoms with van der Waals surface area (Å²) < 4.78 is 0. The lowest BCUT2D eigenvalue weighted by atomic mass is 9.70. The van der Waals surface area contributed by atoms with Gasteiger partial charge in [0.1, 0.15) is 0 Å². The number of hydrogen-bond acceptors (Lipinski definition) is 1. The van der Waals surface area contributed by atoms with E-state index in [1.807, 2.05) is 0 Å². The molecule has 3 aliphatic rings. The fraction of sp³-hybridized carbons (Fsp3) is 0.0571. The van der Waals surface area contributed by atoms with Crippen molar-refractivity contribution >= 4 is 49.4 Å². The highest BCUT2D eigenvalue weighted by Crippen LogP contribution is 2.64. The van der Waals surface area contributed by atoms with Gasteiger partial charge >= 0.3 is 0 Å². The fourth-order valence-corrected chi connectivity index (χ4v) is 13.3. The average molecular weight is 902 g/mol. The van der Waals surface area contributed by atoms with E-state index in [1.165, 1.54) is 121 Å². The van der Waals surface area contributed by atoms with Gasteiger partial charge in [-0.3, -0.25) is 0 Å². The van der Waals surface area contributed by atoms with Gasteiger partial charge in [-0.15, -0.1) is 0 Å². The van der Waals surface area contributed by atoms with E-state index >= 15 is 0 Å². The minimum absolute atomic E-state index is 0.0803. The summed E-state index contributed by atoms with van der Waals surface area (Å²) in [7, 11) is 0. The van der Waals surface area contributed by atoms with Crippen molar-refractivity contribution in [3.05, 3.63) is 282 Å². The van der Waals surface area contributed by atoms with E-state index in [1.54, 1.807) is 0 Å². The van der Waals surface area contributed by atoms with Crippen LogP contribution in [0.25, 0.3) is 88.0 Å². The Balaban J connectivity index is 1.00. The number of anilines is 3. The van der Waals surface area contributed by atoms with Crippen LogP contribution in [-0.2, 0) is 10.8 Å². The zero-order valence-electron chi connectivity index (χ0n) is 39.6. The first-order valence-electron chi connectivity index (χ1n) is 25.0. The molecular formula is C70H47N. The van der Waals surface area contributed by atoms with E-state index in [4.69, 9.17) is 0 Å². The molecule has 1 nitrogen and oxygen atoms in total. The van der Waals surface area contributed by atoms with Crippen LogP contribution in [0.15, 0.2) is 249 Å². The molecule has 0 fully saturated rings. The highest BCUT2D eigenvalue weighted by Gasteiger charge is 2.52. The molecule has 0 heterocycles. The zero-order valence-corrected chi connectivity index (χ0v) is 39.6. The molecule has 71 heavy (non-hydrogen) atoms. The van der Waals surface area contributed by atoms with Crippen molar-refractivity contribution in [2.75, 3.05) is 4.90 Å². The Kier molecular flexibility index (Phi) is 8.40. The summed E-state index contributed by atoms with van der Waals surface area (Å²) in [6.45, 7) is 4.73. The minimum atomic E-state index is -0.502. The van der Waals surface area contributed by atoms with Gasteiger partial charge in [-0.05, 0) is 158 Å². The smallest absolute Gasteiger partial charge is 0.0726 e. The summed E-state index contributed by atoms with van der Waals surface area (Å²) >= 11 is 0. The monoisotopic (exact) mass is 901 g/mol. The third-order valence-electron chi connectivity index (χ3n) is 16.5. The molecule has 15 rings (SSSR count). The Morgan fingerprint density at radius 2 is 0.704 bits per heavy atom. The highest BCUT2D eigenvalue weighted by molar-refractivity contribution is 6.26. The number of nitrogens with zero attached hydrogens (tertiary/aromatic N) is 1. The molecule has 0 saturated carbocycles. The standard InChI is InChI=1S/C70H47N/c1-69(2)62-28-14-10-24-54(62)58-38-34-46(40-66(58)69)44-32-35-47(36-33-44)71(48-37-39-53-51-22-7-6-20-49(51)50-21-8-9-23-52(50)60(53)41-48)68-43-67-61(42-59(68)45-18-4-3-5-19-45)57-27-13-17-31-65(57)70(67)63-29-15-11-25-55(63)56-26-12-16-30-64(56)70/h3-43H,1-2H3. The van der Waals surface area contributed by atoms with Gasteiger partial charge in [0, 0.05) is 22.4 Å². The Labute approximate surface area is 414 Å². The molecule has 3 aliphatic carbocycles. The van der Waals surface area contributed by atoms with Gasteiger partial charge in [0.15, 0.2) is 0 Å². The largest absolute Gasteiger partial charge is 0.310 e. The summed E-state index contributed by atoms with van der Waals surface area (Å²) in [4.78, 5) is 2.54. The first-order chi connectivity index (χ1) is 35.0. The topological polar surface area (TPSA) is 3.24 Å². The molecule has 1 spiro atoms. The molecule has 0 N–H and O–H groups in total. The van der Waals surface area contributed by atoms with Crippen molar-refractivity contribution in [2.24, 2.45) is 0 Å². The van der Waals surface area contributed by atoms with Crippen molar-refractivity contribution < 1.29 is 0 Å². The van der Waals surface area contributed by atoms with Crippen LogP contribution >= 0.6 is 0 Å². The van der Waals surface area contributed by atoms with Crippen LogP contribution in [0.3, 0.4) is 0 Å². The van der Waals surface area contributed by atoms with Crippen molar-refractivity contribution in [1.29, 1.82) is 0 Å². The van der Waals surface area contributed by atoms with Crippen LogP contribution in [0.2, 0.25) is 0 Å². The second-order valence-corrected chi connectivity index (χ2v) is 20.3. The highest BCUT2D eigenvalue weighted by atomic mass is 15.1. The molecule has 332 valence electrons. The second kappa shape index (κ2) is 14.9. The number of hydrogen-bond donors (Lipinski definition) is 0. The maximum absolute atomic E-state index is 2.56. The first-order valence-corrected chi connectivity index (χ1v) is 25.0. The summed E-state index contributed by atoms with van der Waals surface area (Å²) in [5, 5.41) is 7.57. The molecule has 12 aromatic rings. The number of rotatable bonds is 5. The van der Waals surface area contributed by atoms with Crippen LogP contribution in [0.5, 0.6) is 0 Å². The SMILES string of the molecule is CC1(C)c2ccccc2-c2ccc(-c3ccc(N(c4ccc5c6ccccc6c6ccccc6c5c4)c4cc5c(cc4-c4ccccc4)-c4ccccc4C54c5ccccc5-c5ccccc54)cc3)cc21. The summed E-state index contributed by atoms with van der Waals surface area (Å²) in [5.41, 5.74) is 23.5. The van der Waals surface area contributed by atoms with Gasteiger partial charge in [-0.25, -0.2) is 0 Å². The van der Waals surface area contributed by atoms with Crippen molar-refractivity contribution in [3.8, 4) is 55.6 Å². The van der Waals surface area contributed by atoms with Crippen LogP contribution < -0.4 is 4.90 Å². The summed E-state index contributed by atoms with van der Waals surface area (Å²) in [5.74, 6) is 0. The summed E-state index contributed by atoms with van der Waals surface area (Å²) in [6.07, 6.45) is 0. The molecule has 0 radical (unpaired) electrons. The third-order valence-corrected chi connectivity index (χ3v) is 16.5. The maximum atomic E-state index is 2.56. The fourth-order valence-electron chi connectivity index (χ4n) is 13.3. The van der Waals surface area contributed by atoms with Crippen LogP contribution in [-0.4, -0.2) is 0 Å². The zero-order chi connectivity index (χ0) is 47.0. The van der Waals surface area contributed by atoms with E-state index in [2.05, 4.69) is 267 Å². The van der Waals surface area contributed by atoms with Crippen molar-refractivity contribution in [1.82, 2.24) is 0 Å². The Morgan fingerprint density at radius 3 is 1.31 bits per heavy atom. The molecule has 0 saturated heterocycles. The molecule has 0 aromatic heterocycles. The molecule has 0 aliphatic heterocycles. The molecular weight excluding hydrogens is 855 g/mol. The quantitative estimate of drug-likeness (QED) is 0.156. The maximum Gasteiger partial charge on any atom is 0.0726 e. The van der Waals surface area contributed by atoms with Crippen molar-refractivity contribution in [3.63, 3.8) is 0 Å². The van der Waals surface area contributed by atoms with E-state index in [-0.39, 0.29) is 5.41 Å². The Morgan fingerprint density at radius 1 is 0.254 bits per heavy atom. The third kappa shape index (κ3) is 5.52. The first kappa shape index (κ1) is 40.1. The van der Waals surface area contributed by atoms with Gasteiger partial charge < -0.3 is 4.90 Å². The van der Waals surface area contributed by atoms with E-state index < -0.39 is 5.41 Å². The van der Waals surface area contributed by atoms with Crippen LogP contribution in [0.1, 0.15) is 47.2 Å². The lowest BCUT2D eigenvalue weighted by Crippen LogP contribution is -2.26. The predicted molar refractivity (Wildman–Crippen MR) is 298 cm³/mol. The van der Waals surface area contributed by atoms with E-state index in [0.29, 0.717) is 0 Å². The molecule has 1 heteroatoms. The lowest BCUT2D eigenvalue weighted by molar-refractivity contribution is 0.660. The van der Waals surface area contributed by atoms with Gasteiger partial charge in [0.05, 0.1) is 11.1 Å². The number of fused-ring (bicyclic) bond motifs is 19. The van der Waals surface area contributed by atoms with Gasteiger partial charge in [0.25, 0.3) is 0 Å². The normalized spacial score (nSPS) is 14.0. The molecule has 0 bridgehead atoms. The number of benzene rings is 12. The molecule has 0 atom stereocenters. The van der Waals surface area contributed by atoms with E-state index in [9.17, 15) is 0 Å². The van der Waals surface area contributed by atoms with Crippen molar-refractivity contribution in [2.45, 2.75) is 24.7 Å². The Bertz CT molecular complexity index is 4110. The minimum Gasteiger partial charge on any atom is -0.310 e. The lowest BCUT2D eigenvalue weighted by Gasteiger charge is -2.33. The molecule has 0 unspecified atom stereocenters. The van der Waals surface area contributed by atoms with E-state index in [0.717, 1.165) is 17.1 Å². The van der Waals surface area contributed by atoms with Gasteiger partial charge in [-0.1, -0.05) is 220 Å². The predicted octanol–water partition coefficient (Wildman–Crippen LogP) is 18.6. The summed E-state index contributed by atoms with van der Waals surface area (Å²) in [6, 6.07) is 93.8. The second-order valence-electron chi connectivity index (χ2n) is 20.3. The van der Waals surface area contributed by atoms with Gasteiger partial charge in [-0.2, -0.15) is 0 Å². The Hall–Kier alpha value is -8.78. The van der Waals surface area contributed by atoms with Crippen LogP contribution in [0, 0.1) is 0 Å². The molecule has 12 aromatic carbocycles. The van der Waals surface area contributed by atoms with Crippen LogP contribution in [0.4, 0.5) is 17.1 Å².